The Hall–Kier alpha value is -3.72. The van der Waals surface area contributed by atoms with Gasteiger partial charge in [0.05, 0.1) is 12.2 Å². The van der Waals surface area contributed by atoms with Gasteiger partial charge in [0.15, 0.2) is 12.2 Å². The highest BCUT2D eigenvalue weighted by Gasteiger charge is 2.30. The van der Waals surface area contributed by atoms with E-state index in [1.807, 2.05) is 30.3 Å². The third kappa shape index (κ3) is 4.33. The molecule has 2 aromatic heterocycles. The van der Waals surface area contributed by atoms with Crippen LogP contribution in [0.1, 0.15) is 34.5 Å². The molecule has 0 radical (unpaired) electrons. The number of rotatable bonds is 5. The Bertz CT molecular complexity index is 1070. The Morgan fingerprint density at radius 2 is 1.94 bits per heavy atom. The van der Waals surface area contributed by atoms with Crippen molar-refractivity contribution in [1.29, 1.82) is 0 Å². The second kappa shape index (κ2) is 8.80. The van der Waals surface area contributed by atoms with E-state index in [0.29, 0.717) is 37.5 Å². The lowest BCUT2D eigenvalue weighted by Gasteiger charge is -2.29. The first-order chi connectivity index (χ1) is 15.7. The summed E-state index contributed by atoms with van der Waals surface area (Å²) in [6.45, 7) is 1.81. The van der Waals surface area contributed by atoms with Crippen LogP contribution in [-0.4, -0.2) is 45.4 Å². The molecule has 2 aliphatic rings. The van der Waals surface area contributed by atoms with E-state index in [-0.39, 0.29) is 29.7 Å². The van der Waals surface area contributed by atoms with Gasteiger partial charge in [-0.15, -0.1) is 0 Å². The van der Waals surface area contributed by atoms with Crippen molar-refractivity contribution in [3.63, 3.8) is 0 Å². The maximum atomic E-state index is 12.6. The molecule has 3 aromatic rings. The Balaban J connectivity index is 1.15. The molecule has 0 bridgehead atoms. The van der Waals surface area contributed by atoms with Crippen LogP contribution in [0.5, 0.6) is 5.75 Å². The van der Waals surface area contributed by atoms with E-state index < -0.39 is 0 Å². The van der Waals surface area contributed by atoms with Crippen LogP contribution in [0.4, 0.5) is 10.5 Å². The Morgan fingerprint density at radius 3 is 2.72 bits per heavy atom. The number of piperidine rings is 1. The van der Waals surface area contributed by atoms with Crippen LogP contribution in [0.15, 0.2) is 59.7 Å². The highest BCUT2D eigenvalue weighted by atomic mass is 16.5. The maximum Gasteiger partial charge on any atom is 0.322 e. The minimum absolute atomic E-state index is 0.0923. The largest absolute Gasteiger partial charge is 0.490 e. The number of aromatic nitrogens is 2. The molecule has 164 valence electrons. The number of carbonyl (C=O) groups is 2. The quantitative estimate of drug-likeness (QED) is 0.595. The third-order valence-corrected chi connectivity index (χ3v) is 5.77. The van der Waals surface area contributed by atoms with Crippen molar-refractivity contribution >= 4 is 17.5 Å². The monoisotopic (exact) mass is 433 g/mol. The number of fused-ring (bicyclic) bond motifs is 1. The molecule has 2 unspecified atom stereocenters. The molecule has 4 heterocycles. The number of benzene rings is 1. The SMILES string of the molecule is O=C(c1cnco1)C1CC(Oc2ccc(NC(=O)N3Cc4ccncc4C3)cc2)CCN1. The zero-order chi connectivity index (χ0) is 21.9. The molecule has 2 aliphatic heterocycles. The molecular formula is C23H23N5O4. The lowest BCUT2D eigenvalue weighted by atomic mass is 9.97. The third-order valence-electron chi connectivity index (χ3n) is 5.77. The van der Waals surface area contributed by atoms with Crippen molar-refractivity contribution in [2.24, 2.45) is 0 Å². The standard InChI is InChI=1S/C23H23N5O4/c29-22(21-11-25-14-31-21)20-9-19(6-8-26-20)32-18-3-1-17(2-4-18)27-23(30)28-12-15-5-7-24-10-16(15)13-28/h1-5,7,10-11,14,19-20,26H,6,8-9,12-13H2,(H,27,30). The van der Waals surface area contributed by atoms with Gasteiger partial charge in [0, 0.05) is 37.6 Å². The molecule has 1 fully saturated rings. The minimum Gasteiger partial charge on any atom is -0.490 e. The molecule has 5 rings (SSSR count). The summed E-state index contributed by atoms with van der Waals surface area (Å²) >= 11 is 0. The molecule has 2 amide bonds. The van der Waals surface area contributed by atoms with Crippen molar-refractivity contribution in [1.82, 2.24) is 20.2 Å². The second-order valence-corrected chi connectivity index (χ2v) is 7.96. The number of ether oxygens (including phenoxy) is 1. The molecular weight excluding hydrogens is 410 g/mol. The summed E-state index contributed by atoms with van der Waals surface area (Å²) in [5, 5.41) is 6.14. The number of urea groups is 1. The molecule has 2 atom stereocenters. The zero-order valence-corrected chi connectivity index (χ0v) is 17.4. The first kappa shape index (κ1) is 20.2. The van der Waals surface area contributed by atoms with Gasteiger partial charge in [0.25, 0.3) is 0 Å². The predicted octanol–water partition coefficient (Wildman–Crippen LogP) is 3.00. The minimum atomic E-state index is -0.361. The van der Waals surface area contributed by atoms with E-state index in [2.05, 4.69) is 20.6 Å². The molecule has 9 heteroatoms. The van der Waals surface area contributed by atoms with E-state index in [0.717, 1.165) is 17.5 Å². The molecule has 0 aliphatic carbocycles. The van der Waals surface area contributed by atoms with E-state index in [1.165, 1.54) is 12.6 Å². The van der Waals surface area contributed by atoms with Crippen LogP contribution in [0.3, 0.4) is 0 Å². The van der Waals surface area contributed by atoms with Gasteiger partial charge in [-0.25, -0.2) is 9.78 Å². The van der Waals surface area contributed by atoms with Gasteiger partial charge in [0.2, 0.25) is 5.78 Å². The van der Waals surface area contributed by atoms with Gasteiger partial charge < -0.3 is 24.7 Å². The molecule has 1 aromatic carbocycles. The number of nitrogens with zero attached hydrogens (tertiary/aromatic N) is 3. The van der Waals surface area contributed by atoms with Crippen LogP contribution < -0.4 is 15.4 Å². The second-order valence-electron chi connectivity index (χ2n) is 7.96. The fraction of sp³-hybridized carbons (Fsp3) is 0.304. The predicted molar refractivity (Wildman–Crippen MR) is 115 cm³/mol. The lowest BCUT2D eigenvalue weighted by molar-refractivity contribution is 0.0812. The van der Waals surface area contributed by atoms with Gasteiger partial charge in [-0.05, 0) is 54.4 Å². The van der Waals surface area contributed by atoms with Crippen molar-refractivity contribution in [2.45, 2.75) is 38.1 Å². The topological polar surface area (TPSA) is 110 Å². The van der Waals surface area contributed by atoms with Crippen molar-refractivity contribution in [3.05, 3.63) is 72.2 Å². The molecule has 0 saturated carbocycles. The summed E-state index contributed by atoms with van der Waals surface area (Å²) in [6.07, 6.45) is 7.48. The first-order valence-electron chi connectivity index (χ1n) is 10.6. The molecule has 9 nitrogen and oxygen atoms in total. The number of oxazole rings is 1. The van der Waals surface area contributed by atoms with Gasteiger partial charge in [-0.1, -0.05) is 0 Å². The average Bonchev–Trinajstić information content (AvgIpc) is 3.50. The summed E-state index contributed by atoms with van der Waals surface area (Å²) in [7, 11) is 0. The first-order valence-corrected chi connectivity index (χ1v) is 10.6. The smallest absolute Gasteiger partial charge is 0.322 e. The van der Waals surface area contributed by atoms with Gasteiger partial charge in [-0.2, -0.15) is 0 Å². The number of ketones is 1. The number of hydrogen-bond acceptors (Lipinski definition) is 7. The van der Waals surface area contributed by atoms with E-state index in [9.17, 15) is 9.59 Å². The van der Waals surface area contributed by atoms with Crippen LogP contribution in [0.2, 0.25) is 0 Å². The van der Waals surface area contributed by atoms with Gasteiger partial charge in [0.1, 0.15) is 11.9 Å². The highest BCUT2D eigenvalue weighted by molar-refractivity contribution is 5.97. The van der Waals surface area contributed by atoms with Crippen molar-refractivity contribution in [2.75, 3.05) is 11.9 Å². The summed E-state index contributed by atoms with van der Waals surface area (Å²) < 4.78 is 11.2. The summed E-state index contributed by atoms with van der Waals surface area (Å²) in [4.78, 5) is 34.8. The Morgan fingerprint density at radius 1 is 1.09 bits per heavy atom. The number of hydrogen-bond donors (Lipinski definition) is 2. The Labute approximate surface area is 184 Å². The molecule has 2 N–H and O–H groups in total. The van der Waals surface area contributed by atoms with Crippen LogP contribution in [0, 0.1) is 0 Å². The fourth-order valence-electron chi connectivity index (χ4n) is 4.07. The number of anilines is 1. The zero-order valence-electron chi connectivity index (χ0n) is 17.4. The van der Waals surface area contributed by atoms with E-state index >= 15 is 0 Å². The maximum absolute atomic E-state index is 12.6. The molecule has 32 heavy (non-hydrogen) atoms. The molecule has 1 saturated heterocycles. The lowest BCUT2D eigenvalue weighted by Crippen LogP contribution is -2.46. The summed E-state index contributed by atoms with van der Waals surface area (Å²) in [5.41, 5.74) is 2.90. The van der Waals surface area contributed by atoms with Crippen LogP contribution in [-0.2, 0) is 13.1 Å². The molecule has 0 spiro atoms. The number of nitrogens with one attached hydrogen (secondary N) is 2. The number of amides is 2. The van der Waals surface area contributed by atoms with Gasteiger partial charge in [-0.3, -0.25) is 9.78 Å². The normalized spacial score (nSPS) is 19.9. The number of Topliss-reactive ketones (excluding diaryl/α,β-unsaturated/α-hetero) is 1. The Kier molecular flexibility index (Phi) is 5.55. The number of pyridine rings is 1. The highest BCUT2D eigenvalue weighted by Crippen LogP contribution is 2.24. The van der Waals surface area contributed by atoms with Crippen LogP contribution >= 0.6 is 0 Å². The van der Waals surface area contributed by atoms with Crippen LogP contribution in [0.25, 0.3) is 0 Å². The van der Waals surface area contributed by atoms with Gasteiger partial charge >= 0.3 is 6.03 Å². The van der Waals surface area contributed by atoms with Crippen molar-refractivity contribution < 1.29 is 18.7 Å². The number of carbonyl (C=O) groups excluding carboxylic acids is 2. The van der Waals surface area contributed by atoms with Crippen molar-refractivity contribution in [3.8, 4) is 5.75 Å². The van der Waals surface area contributed by atoms with E-state index in [4.69, 9.17) is 9.15 Å². The van der Waals surface area contributed by atoms with E-state index in [1.54, 1.807) is 17.3 Å². The summed E-state index contributed by atoms with van der Waals surface area (Å²) in [6, 6.07) is 8.72. The average molecular weight is 433 g/mol. The summed E-state index contributed by atoms with van der Waals surface area (Å²) in [5.74, 6) is 0.828. The fourth-order valence-corrected chi connectivity index (χ4v) is 4.07.